The molecule has 47 heavy (non-hydrogen) atoms. The van der Waals surface area contributed by atoms with Gasteiger partial charge < -0.3 is 28.7 Å². The molecule has 3 heterocycles. The van der Waals surface area contributed by atoms with Crippen molar-refractivity contribution in [1.29, 1.82) is 0 Å². The number of hydrogen-bond acceptors (Lipinski definition) is 11. The molecule has 5 saturated carbocycles. The van der Waals surface area contributed by atoms with Gasteiger partial charge in [-0.15, -0.1) is 0 Å². The van der Waals surface area contributed by atoms with E-state index in [1.54, 1.807) is 0 Å². The van der Waals surface area contributed by atoms with Gasteiger partial charge >= 0.3 is 11.9 Å². The first-order valence-electron chi connectivity index (χ1n) is 17.9. The second-order valence-corrected chi connectivity index (χ2v) is 17.1. The van der Waals surface area contributed by atoms with Gasteiger partial charge in [-0.25, -0.2) is 0 Å². The predicted octanol–water partition coefficient (Wildman–Crippen LogP) is 2.42. The minimum absolute atomic E-state index is 0.0339. The summed E-state index contributed by atoms with van der Waals surface area (Å²) >= 11 is 0. The topological polar surface area (TPSA) is 129 Å². The number of hydrogen-bond donors (Lipinski definition) is 0. The molecule has 0 N–H and O–H groups in total. The molecular formula is C36H50N2O9. The van der Waals surface area contributed by atoms with Gasteiger partial charge in [-0.3, -0.25) is 24.0 Å². The summed E-state index contributed by atoms with van der Waals surface area (Å²) in [5.41, 5.74) is -3.51. The summed E-state index contributed by atoms with van der Waals surface area (Å²) in [5.74, 6) is -4.70. The second kappa shape index (κ2) is 10.4. The van der Waals surface area contributed by atoms with Gasteiger partial charge in [0.15, 0.2) is 5.79 Å². The molecule has 11 nitrogen and oxygen atoms in total. The lowest BCUT2D eigenvalue weighted by molar-refractivity contribution is -0.215. The number of carbonyl (C=O) groups excluding carboxylic acids is 5. The molecule has 0 aromatic heterocycles. The molecule has 0 bridgehead atoms. The number of esters is 2. The van der Waals surface area contributed by atoms with Crippen LogP contribution in [0, 0.1) is 52.8 Å². The van der Waals surface area contributed by atoms with Crippen molar-refractivity contribution in [2.45, 2.75) is 101 Å². The van der Waals surface area contributed by atoms with E-state index in [4.69, 9.17) is 18.9 Å². The number of Topliss-reactive ketones (excluding diaryl/α,β-unsaturated/α-hetero) is 3. The van der Waals surface area contributed by atoms with E-state index >= 15 is 0 Å². The van der Waals surface area contributed by atoms with Gasteiger partial charge in [-0.05, 0) is 80.6 Å². The largest absolute Gasteiger partial charge is 0.461 e. The molecule has 13 atom stereocenters. The Balaban J connectivity index is 1.30. The third-order valence-corrected chi connectivity index (χ3v) is 13.9. The number of ether oxygens (including phenoxy) is 4. The Morgan fingerprint density at radius 1 is 0.723 bits per heavy atom. The lowest BCUT2D eigenvalue weighted by Crippen LogP contribution is -2.69. The number of ketones is 3. The normalized spacial score (nSPS) is 49.7. The third-order valence-electron chi connectivity index (χ3n) is 13.9. The zero-order chi connectivity index (χ0) is 33.4. The van der Waals surface area contributed by atoms with Gasteiger partial charge in [-0.2, -0.15) is 0 Å². The van der Waals surface area contributed by atoms with Crippen molar-refractivity contribution in [2.75, 3.05) is 41.3 Å². The first-order valence-corrected chi connectivity index (χ1v) is 17.9. The molecule has 11 heteroatoms. The van der Waals surface area contributed by atoms with E-state index in [0.29, 0.717) is 58.0 Å². The van der Waals surface area contributed by atoms with E-state index in [1.165, 1.54) is 0 Å². The van der Waals surface area contributed by atoms with Gasteiger partial charge in [0.1, 0.15) is 40.8 Å². The highest BCUT2D eigenvalue weighted by molar-refractivity contribution is 5.98. The molecule has 0 amide bonds. The Hall–Kier alpha value is -2.21. The van der Waals surface area contributed by atoms with Crippen molar-refractivity contribution in [2.24, 2.45) is 52.8 Å². The minimum Gasteiger partial charge on any atom is -0.461 e. The van der Waals surface area contributed by atoms with Gasteiger partial charge in [0.05, 0.1) is 17.3 Å². The number of fused-ring (bicyclic) bond motifs is 7. The van der Waals surface area contributed by atoms with Crippen LogP contribution in [0.1, 0.15) is 71.6 Å². The molecule has 0 radical (unpaired) electrons. The quantitative estimate of drug-likeness (QED) is 0.415. The average molecular weight is 655 g/mol. The summed E-state index contributed by atoms with van der Waals surface area (Å²) < 4.78 is 27.0. The maximum atomic E-state index is 15.0. The van der Waals surface area contributed by atoms with Crippen LogP contribution >= 0.6 is 0 Å². The Kier molecular flexibility index (Phi) is 7.09. The smallest absolute Gasteiger partial charge is 0.310 e. The minimum atomic E-state index is -1.24. The summed E-state index contributed by atoms with van der Waals surface area (Å²) in [6.45, 7) is 4.78. The van der Waals surface area contributed by atoms with Crippen molar-refractivity contribution in [3.63, 3.8) is 0 Å². The lowest BCUT2D eigenvalue weighted by Gasteiger charge is -2.57. The SMILES string of the molecule is CN(C)CC1C(=O)O[C@@H]2[C@@H]3[C@@H](C[C@@]45OC(C)(C)O[C@@]34CCC[C@]53C(=O)C[C@H]4C(=O)CC[C@H]5C(CN(C)C)C(=O)O[C@@H]5C43)C(=O)CC[C@@H]12. The maximum absolute atomic E-state index is 15.0. The Labute approximate surface area is 276 Å². The van der Waals surface area contributed by atoms with Crippen molar-refractivity contribution in [3.8, 4) is 0 Å². The van der Waals surface area contributed by atoms with Crippen LogP contribution in [0.25, 0.3) is 0 Å². The van der Waals surface area contributed by atoms with Crippen LogP contribution in [0.3, 0.4) is 0 Å². The zero-order valence-electron chi connectivity index (χ0n) is 28.6. The molecule has 258 valence electrons. The van der Waals surface area contributed by atoms with E-state index in [1.807, 2.05) is 51.8 Å². The highest BCUT2D eigenvalue weighted by Gasteiger charge is 2.87. The van der Waals surface area contributed by atoms with Crippen LogP contribution in [0.5, 0.6) is 0 Å². The van der Waals surface area contributed by atoms with Crippen LogP contribution < -0.4 is 0 Å². The fraction of sp³-hybridized carbons (Fsp3) is 0.861. The zero-order valence-corrected chi connectivity index (χ0v) is 28.6. The van der Waals surface area contributed by atoms with Gasteiger partial charge in [0.2, 0.25) is 0 Å². The Morgan fingerprint density at radius 3 is 1.85 bits per heavy atom. The van der Waals surface area contributed by atoms with Crippen LogP contribution in [0.4, 0.5) is 0 Å². The van der Waals surface area contributed by atoms with E-state index in [-0.39, 0.29) is 65.8 Å². The van der Waals surface area contributed by atoms with Crippen molar-refractivity contribution >= 4 is 29.3 Å². The molecule has 0 aromatic rings. The third kappa shape index (κ3) is 4.09. The van der Waals surface area contributed by atoms with Gasteiger partial charge in [0, 0.05) is 67.9 Å². The van der Waals surface area contributed by atoms with Crippen LogP contribution in [0.15, 0.2) is 0 Å². The summed E-state index contributed by atoms with van der Waals surface area (Å²) in [5, 5.41) is 0. The standard InChI is InChI=1S/C36H50N2O9/c1-33(2)46-35-13-7-12-34(26(41)14-20-24(39)10-8-18-22(16-37(3)4)31(42)44-29(18)27(20)34)36(35,47-33)15-21-25(40)11-9-19-23(17-38(5)6)32(43)45-30(19)28(21)35/h18-23,27-30H,7-17H2,1-6H3/t18-,19-,20-,21-,22?,23?,27?,28-,29-,30-,34+,35-,36-/m0/s1. The second-order valence-electron chi connectivity index (χ2n) is 17.1. The van der Waals surface area contributed by atoms with Gasteiger partial charge in [0.25, 0.3) is 0 Å². The first-order chi connectivity index (χ1) is 22.2. The maximum Gasteiger partial charge on any atom is 0.310 e. The van der Waals surface area contributed by atoms with Crippen LogP contribution in [-0.2, 0) is 42.9 Å². The van der Waals surface area contributed by atoms with Crippen LogP contribution in [0.2, 0.25) is 0 Å². The molecule has 3 aliphatic heterocycles. The highest BCUT2D eigenvalue weighted by Crippen LogP contribution is 2.76. The lowest BCUT2D eigenvalue weighted by atomic mass is 9.49. The molecule has 3 saturated heterocycles. The molecular weight excluding hydrogens is 604 g/mol. The van der Waals surface area contributed by atoms with Crippen molar-refractivity contribution < 1.29 is 42.9 Å². The summed E-state index contributed by atoms with van der Waals surface area (Å²) in [6, 6.07) is 0. The summed E-state index contributed by atoms with van der Waals surface area (Å²) in [4.78, 5) is 74.2. The van der Waals surface area contributed by atoms with Crippen molar-refractivity contribution in [1.82, 2.24) is 9.80 Å². The fourth-order valence-electron chi connectivity index (χ4n) is 12.8. The van der Waals surface area contributed by atoms with E-state index < -0.39 is 58.3 Å². The van der Waals surface area contributed by atoms with E-state index in [2.05, 4.69) is 0 Å². The van der Waals surface area contributed by atoms with Gasteiger partial charge in [-0.1, -0.05) is 0 Å². The number of rotatable bonds is 4. The number of nitrogens with zero attached hydrogens (tertiary/aromatic N) is 2. The molecule has 3 unspecified atom stereocenters. The Morgan fingerprint density at radius 2 is 1.28 bits per heavy atom. The van der Waals surface area contributed by atoms with E-state index in [9.17, 15) is 24.0 Å². The summed E-state index contributed by atoms with van der Waals surface area (Å²) in [7, 11) is 7.73. The molecule has 5 aliphatic carbocycles. The number of carbonyl (C=O) groups is 5. The van der Waals surface area contributed by atoms with Crippen molar-refractivity contribution in [3.05, 3.63) is 0 Å². The van der Waals surface area contributed by atoms with E-state index in [0.717, 1.165) is 0 Å². The van der Waals surface area contributed by atoms with Crippen LogP contribution in [-0.4, -0.2) is 110 Å². The predicted molar refractivity (Wildman–Crippen MR) is 166 cm³/mol. The highest BCUT2D eigenvalue weighted by atomic mass is 16.8. The molecule has 8 fully saturated rings. The molecule has 1 spiro atoms. The molecule has 0 aromatic carbocycles. The Bertz CT molecular complexity index is 1430. The first kappa shape index (κ1) is 32.0. The molecule has 8 aliphatic rings. The monoisotopic (exact) mass is 654 g/mol. The fourth-order valence-corrected chi connectivity index (χ4v) is 12.8. The molecule has 8 rings (SSSR count). The summed E-state index contributed by atoms with van der Waals surface area (Å²) in [6.07, 6.45) is 2.63. The average Bonchev–Trinajstić information content (AvgIpc) is 3.64.